The third-order valence-electron chi connectivity index (χ3n) is 3.46. The Hall–Kier alpha value is -1.06. The molecule has 0 radical (unpaired) electrons. The molecule has 2 unspecified atom stereocenters. The minimum Gasteiger partial charge on any atom is -0.550 e. The molecule has 0 N–H and O–H groups in total. The molecule has 128 valence electrons. The van der Waals surface area contributed by atoms with Gasteiger partial charge < -0.3 is 19.8 Å². The first kappa shape index (κ1) is 24.9. The highest BCUT2D eigenvalue weighted by molar-refractivity contribution is 5.67. The van der Waals surface area contributed by atoms with Gasteiger partial charge in [-0.05, 0) is 37.5 Å². The predicted octanol–water partition coefficient (Wildman–Crippen LogP) is 2.54. The predicted molar refractivity (Wildman–Crippen MR) is 83.4 cm³/mol. The second-order valence-corrected chi connectivity index (χ2v) is 5.13. The standard InChI is InChI=1S/2C8H16O2.CH4/c2*1-3-5-6-7(4-2)8(9)10;/h2*7H,3-6H2,1-2H3,(H,9,10);1H4/p-2. The summed E-state index contributed by atoms with van der Waals surface area (Å²) in [5.74, 6) is -2.23. The Morgan fingerprint density at radius 3 is 1.19 bits per heavy atom. The number of unbranched alkanes of at least 4 members (excludes halogenated alkanes) is 2. The fourth-order valence-corrected chi connectivity index (χ4v) is 1.88. The van der Waals surface area contributed by atoms with Gasteiger partial charge in [0.1, 0.15) is 0 Å². The highest BCUT2D eigenvalue weighted by atomic mass is 16.4. The normalized spacial score (nSPS) is 12.4. The van der Waals surface area contributed by atoms with Crippen LogP contribution in [0.4, 0.5) is 0 Å². The Bertz CT molecular complexity index is 225. The Balaban J connectivity index is -0.000000295. The lowest BCUT2D eigenvalue weighted by Gasteiger charge is -2.14. The summed E-state index contributed by atoms with van der Waals surface area (Å²) in [4.78, 5) is 20.7. The van der Waals surface area contributed by atoms with Crippen molar-refractivity contribution < 1.29 is 19.8 Å². The maximum atomic E-state index is 10.3. The van der Waals surface area contributed by atoms with E-state index in [1.54, 1.807) is 0 Å². The van der Waals surface area contributed by atoms with Crippen LogP contribution in [0.5, 0.6) is 0 Å². The number of aliphatic carboxylic acids is 2. The summed E-state index contributed by atoms with van der Waals surface area (Å²) in [5, 5.41) is 20.7. The van der Waals surface area contributed by atoms with Crippen molar-refractivity contribution >= 4 is 11.9 Å². The molecule has 0 rings (SSSR count). The molecule has 0 aromatic heterocycles. The average Bonchev–Trinajstić information content (AvgIpc) is 2.40. The van der Waals surface area contributed by atoms with Gasteiger partial charge in [0.15, 0.2) is 0 Å². The second kappa shape index (κ2) is 17.0. The van der Waals surface area contributed by atoms with Gasteiger partial charge in [0, 0.05) is 11.9 Å². The van der Waals surface area contributed by atoms with Gasteiger partial charge in [-0.15, -0.1) is 0 Å². The molecule has 2 atom stereocenters. The van der Waals surface area contributed by atoms with E-state index in [1.165, 1.54) is 0 Å². The zero-order valence-corrected chi connectivity index (χ0v) is 13.4. The van der Waals surface area contributed by atoms with Crippen LogP contribution >= 0.6 is 0 Å². The highest BCUT2D eigenvalue weighted by Crippen LogP contribution is 2.11. The van der Waals surface area contributed by atoms with Crippen LogP contribution < -0.4 is 10.2 Å². The van der Waals surface area contributed by atoms with E-state index in [0.717, 1.165) is 38.5 Å². The molecule has 0 heterocycles. The van der Waals surface area contributed by atoms with Gasteiger partial charge in [0.25, 0.3) is 0 Å². The number of hydrogen-bond donors (Lipinski definition) is 0. The van der Waals surface area contributed by atoms with Gasteiger partial charge in [-0.3, -0.25) is 0 Å². The lowest BCUT2D eigenvalue weighted by atomic mass is 10.00. The van der Waals surface area contributed by atoms with Crippen molar-refractivity contribution in [2.75, 3.05) is 0 Å². The van der Waals surface area contributed by atoms with E-state index in [-0.39, 0.29) is 19.3 Å². The lowest BCUT2D eigenvalue weighted by molar-refractivity contribution is -0.313. The molecular weight excluding hydrogens is 268 g/mol. The van der Waals surface area contributed by atoms with Crippen molar-refractivity contribution in [2.45, 2.75) is 86.5 Å². The van der Waals surface area contributed by atoms with Crippen LogP contribution in [0.2, 0.25) is 0 Å². The van der Waals surface area contributed by atoms with Gasteiger partial charge in [-0.25, -0.2) is 0 Å². The molecule has 4 heteroatoms. The molecule has 0 aliphatic carbocycles. The first-order valence-electron chi connectivity index (χ1n) is 7.86. The fraction of sp³-hybridized carbons (Fsp3) is 0.882. The molecular formula is C17H34O4-2. The number of carboxylic acid groups (broad SMARTS) is 2. The third-order valence-corrected chi connectivity index (χ3v) is 3.46. The highest BCUT2D eigenvalue weighted by Gasteiger charge is 2.05. The van der Waals surface area contributed by atoms with Crippen molar-refractivity contribution in [2.24, 2.45) is 11.8 Å². The van der Waals surface area contributed by atoms with Gasteiger partial charge >= 0.3 is 0 Å². The molecule has 0 saturated heterocycles. The molecule has 0 fully saturated rings. The van der Waals surface area contributed by atoms with Crippen LogP contribution in [-0.2, 0) is 9.59 Å². The fourth-order valence-electron chi connectivity index (χ4n) is 1.88. The van der Waals surface area contributed by atoms with Gasteiger partial charge in [-0.2, -0.15) is 0 Å². The van der Waals surface area contributed by atoms with Crippen molar-refractivity contribution in [3.8, 4) is 0 Å². The second-order valence-electron chi connectivity index (χ2n) is 5.13. The van der Waals surface area contributed by atoms with Gasteiger partial charge in [-0.1, -0.05) is 60.8 Å². The van der Waals surface area contributed by atoms with E-state index in [2.05, 4.69) is 13.8 Å². The molecule has 0 aromatic rings. The molecule has 0 amide bonds. The smallest absolute Gasteiger partial charge is 0.0445 e. The zero-order chi connectivity index (χ0) is 16.0. The van der Waals surface area contributed by atoms with E-state index in [0.29, 0.717) is 12.8 Å². The molecule has 21 heavy (non-hydrogen) atoms. The van der Waals surface area contributed by atoms with Crippen molar-refractivity contribution in [1.82, 2.24) is 0 Å². The van der Waals surface area contributed by atoms with Crippen LogP contribution in [0.1, 0.15) is 86.5 Å². The van der Waals surface area contributed by atoms with Crippen LogP contribution in [0.15, 0.2) is 0 Å². The average molecular weight is 302 g/mol. The Morgan fingerprint density at radius 1 is 0.762 bits per heavy atom. The molecule has 0 aliphatic heterocycles. The van der Waals surface area contributed by atoms with Gasteiger partial charge in [0.05, 0.1) is 0 Å². The van der Waals surface area contributed by atoms with Crippen molar-refractivity contribution in [3.63, 3.8) is 0 Å². The number of carbonyl (C=O) groups excluding carboxylic acids is 2. The summed E-state index contributed by atoms with van der Waals surface area (Å²) in [5.41, 5.74) is 0. The minimum absolute atomic E-state index is 0. The number of rotatable bonds is 10. The maximum Gasteiger partial charge on any atom is 0.0445 e. The number of hydrogen-bond acceptors (Lipinski definition) is 4. The maximum absolute atomic E-state index is 10.3. The van der Waals surface area contributed by atoms with E-state index >= 15 is 0 Å². The molecule has 0 spiro atoms. The summed E-state index contributed by atoms with van der Waals surface area (Å²) in [7, 11) is 0. The van der Waals surface area contributed by atoms with Crippen LogP contribution in [0.3, 0.4) is 0 Å². The summed E-state index contributed by atoms with van der Waals surface area (Å²) in [6, 6.07) is 0. The molecule has 0 bridgehead atoms. The SMILES string of the molecule is C.CCCCC(CC)C(=O)[O-].CCCCC(CC)C(=O)[O-]. The topological polar surface area (TPSA) is 80.3 Å². The summed E-state index contributed by atoms with van der Waals surface area (Å²) < 4.78 is 0. The minimum atomic E-state index is -0.893. The van der Waals surface area contributed by atoms with E-state index in [4.69, 9.17) is 0 Å². The summed E-state index contributed by atoms with van der Waals surface area (Å²) in [6.07, 6.45) is 7.04. The van der Waals surface area contributed by atoms with Crippen LogP contribution in [0, 0.1) is 11.8 Å². The molecule has 0 saturated carbocycles. The monoisotopic (exact) mass is 302 g/mol. The number of carbonyl (C=O) groups is 2. The van der Waals surface area contributed by atoms with Crippen LogP contribution in [-0.4, -0.2) is 11.9 Å². The number of carboxylic acids is 2. The molecule has 4 nitrogen and oxygen atoms in total. The molecule has 0 aromatic carbocycles. The zero-order valence-electron chi connectivity index (χ0n) is 13.4. The van der Waals surface area contributed by atoms with Gasteiger partial charge in [0.2, 0.25) is 0 Å². The summed E-state index contributed by atoms with van der Waals surface area (Å²) in [6.45, 7) is 7.89. The Labute approximate surface area is 131 Å². The van der Waals surface area contributed by atoms with E-state index in [1.807, 2.05) is 13.8 Å². The summed E-state index contributed by atoms with van der Waals surface area (Å²) >= 11 is 0. The first-order chi connectivity index (χ1) is 9.44. The van der Waals surface area contributed by atoms with Crippen LogP contribution in [0.25, 0.3) is 0 Å². The van der Waals surface area contributed by atoms with Crippen molar-refractivity contribution in [1.29, 1.82) is 0 Å². The van der Waals surface area contributed by atoms with E-state index < -0.39 is 11.9 Å². The first-order valence-corrected chi connectivity index (χ1v) is 7.86. The lowest BCUT2D eigenvalue weighted by Crippen LogP contribution is -2.30. The quantitative estimate of drug-likeness (QED) is 0.621. The van der Waals surface area contributed by atoms with Crippen molar-refractivity contribution in [3.05, 3.63) is 0 Å². The Morgan fingerprint density at radius 2 is 1.05 bits per heavy atom. The third kappa shape index (κ3) is 15.2. The van der Waals surface area contributed by atoms with E-state index in [9.17, 15) is 19.8 Å². The largest absolute Gasteiger partial charge is 0.550 e. The Kier molecular flexibility index (Phi) is 20.2. The molecule has 0 aliphatic rings.